The number of nitrogens with two attached hydrogens (primary N) is 2. The Hall–Kier alpha value is -1.08. The van der Waals surface area contributed by atoms with E-state index in [1.165, 1.54) is 0 Å². The Morgan fingerprint density at radius 1 is 0.778 bits per heavy atom. The normalized spacial score (nSPS) is 11.9. The highest BCUT2D eigenvalue weighted by molar-refractivity contribution is 5.56. The van der Waals surface area contributed by atoms with Crippen LogP contribution in [0.1, 0.15) is 0 Å². The molecule has 0 atom stereocenters. The van der Waals surface area contributed by atoms with Crippen LogP contribution in [0.2, 0.25) is 0 Å². The van der Waals surface area contributed by atoms with Crippen LogP contribution in [-0.2, 0) is 0 Å². The largest absolute Gasteiger partial charge is 0.304 e. The zero-order valence-corrected chi connectivity index (χ0v) is 11.7. The van der Waals surface area contributed by atoms with Crippen LogP contribution in [0.15, 0.2) is 9.59 Å². The summed E-state index contributed by atoms with van der Waals surface area (Å²) in [5.74, 6) is 0. The van der Waals surface area contributed by atoms with Crippen LogP contribution in [0.25, 0.3) is 0 Å². The molecule has 0 bridgehead atoms. The van der Waals surface area contributed by atoms with Crippen LogP contribution in [0, 0.1) is 0 Å². The van der Waals surface area contributed by atoms with Crippen LogP contribution in [0.3, 0.4) is 0 Å². The molecule has 0 amide bonds. The first-order chi connectivity index (χ1) is 8.43. The van der Waals surface area contributed by atoms with Crippen molar-refractivity contribution in [2.45, 2.75) is 0 Å². The minimum Gasteiger partial charge on any atom is -0.304 e. The Morgan fingerprint density at radius 3 is 1.39 bits per heavy atom. The van der Waals surface area contributed by atoms with Gasteiger partial charge < -0.3 is 20.4 Å². The average molecular weight is 256 g/mol. The molecule has 0 aromatic heterocycles. The van der Waals surface area contributed by atoms with Gasteiger partial charge >= 0.3 is 0 Å². The quantitative estimate of drug-likeness (QED) is 0.480. The zero-order valence-electron chi connectivity index (χ0n) is 11.7. The second-order valence-corrected chi connectivity index (χ2v) is 5.08. The molecule has 0 unspecified atom stereocenters. The van der Waals surface area contributed by atoms with Gasteiger partial charge in [-0.25, -0.2) is 0 Å². The maximum atomic E-state index is 11.5. The summed E-state index contributed by atoms with van der Waals surface area (Å²) >= 11 is 0. The van der Waals surface area contributed by atoms with E-state index in [1.807, 2.05) is 38.8 Å². The maximum Gasteiger partial charge on any atom is 0.298 e. The van der Waals surface area contributed by atoms with Crippen molar-refractivity contribution in [3.8, 4) is 0 Å². The lowest BCUT2D eigenvalue weighted by Crippen LogP contribution is -2.91. The fourth-order valence-electron chi connectivity index (χ4n) is 1.77. The summed E-state index contributed by atoms with van der Waals surface area (Å²) in [6, 6.07) is 0. The van der Waals surface area contributed by atoms with Crippen molar-refractivity contribution in [2.75, 3.05) is 54.4 Å². The van der Waals surface area contributed by atoms with Crippen LogP contribution in [0.5, 0.6) is 0 Å². The molecular formula is C12H24N4O2+2. The number of likely N-dealkylation sites (N-methyl/N-ethyl adjacent to an activating group) is 2. The molecule has 1 aromatic carbocycles. The second kappa shape index (κ2) is 6.75. The molecule has 6 heteroatoms. The van der Waals surface area contributed by atoms with Gasteiger partial charge in [0.2, 0.25) is 11.4 Å². The SMILES string of the molecule is CN(C)CC[NH2+]c1c([NH2+]CCN(C)C)c(=O)c1=O. The summed E-state index contributed by atoms with van der Waals surface area (Å²) < 4.78 is 0. The van der Waals surface area contributed by atoms with Crippen LogP contribution in [-0.4, -0.2) is 64.2 Å². The van der Waals surface area contributed by atoms with Crippen molar-refractivity contribution in [2.24, 2.45) is 0 Å². The van der Waals surface area contributed by atoms with Crippen molar-refractivity contribution in [3.63, 3.8) is 0 Å². The van der Waals surface area contributed by atoms with E-state index < -0.39 is 0 Å². The van der Waals surface area contributed by atoms with Gasteiger partial charge in [-0.2, -0.15) is 0 Å². The Balaban J connectivity index is 2.50. The number of rotatable bonds is 8. The van der Waals surface area contributed by atoms with Gasteiger partial charge in [0.15, 0.2) is 0 Å². The molecule has 0 saturated heterocycles. The molecule has 0 heterocycles. The minimum atomic E-state index is -0.329. The molecule has 18 heavy (non-hydrogen) atoms. The highest BCUT2D eigenvalue weighted by Crippen LogP contribution is 1.98. The molecule has 1 aromatic rings. The van der Waals surface area contributed by atoms with Crippen molar-refractivity contribution in [3.05, 3.63) is 20.4 Å². The monoisotopic (exact) mass is 256 g/mol. The molecular weight excluding hydrogens is 232 g/mol. The molecule has 0 aliphatic heterocycles. The van der Waals surface area contributed by atoms with E-state index in [4.69, 9.17) is 0 Å². The Kier molecular flexibility index (Phi) is 5.61. The molecule has 102 valence electrons. The molecule has 1 rings (SSSR count). The average Bonchev–Trinajstić information content (AvgIpc) is 2.30. The molecule has 0 spiro atoms. The number of hydrogen-bond acceptors (Lipinski definition) is 4. The van der Waals surface area contributed by atoms with E-state index in [9.17, 15) is 9.59 Å². The lowest BCUT2D eigenvalue weighted by Gasteiger charge is -2.11. The fourth-order valence-corrected chi connectivity index (χ4v) is 1.77. The smallest absolute Gasteiger partial charge is 0.298 e. The van der Waals surface area contributed by atoms with Crippen molar-refractivity contribution in [1.82, 2.24) is 9.80 Å². The third-order valence-corrected chi connectivity index (χ3v) is 2.84. The molecule has 0 aliphatic carbocycles. The lowest BCUT2D eigenvalue weighted by molar-refractivity contribution is -0.609. The zero-order chi connectivity index (χ0) is 13.7. The van der Waals surface area contributed by atoms with Crippen molar-refractivity contribution >= 4 is 11.4 Å². The lowest BCUT2D eigenvalue weighted by atomic mass is 10.2. The number of hydrogen-bond donors (Lipinski definition) is 2. The number of nitrogens with zero attached hydrogens (tertiary/aromatic N) is 2. The molecule has 4 N–H and O–H groups in total. The minimum absolute atomic E-state index is 0.329. The van der Waals surface area contributed by atoms with Crippen molar-refractivity contribution < 1.29 is 10.6 Å². The highest BCUT2D eigenvalue weighted by Gasteiger charge is 2.28. The van der Waals surface area contributed by atoms with E-state index in [-0.39, 0.29) is 10.9 Å². The third kappa shape index (κ3) is 3.99. The summed E-state index contributed by atoms with van der Waals surface area (Å²) in [6.07, 6.45) is 0. The Morgan fingerprint density at radius 2 is 1.11 bits per heavy atom. The first-order valence-electron chi connectivity index (χ1n) is 6.22. The van der Waals surface area contributed by atoms with Gasteiger partial charge in [-0.05, 0) is 28.2 Å². The van der Waals surface area contributed by atoms with Crippen LogP contribution >= 0.6 is 0 Å². The van der Waals surface area contributed by atoms with Gasteiger partial charge in [-0.15, -0.1) is 0 Å². The predicted molar refractivity (Wildman–Crippen MR) is 71.4 cm³/mol. The van der Waals surface area contributed by atoms with E-state index in [1.54, 1.807) is 0 Å². The summed E-state index contributed by atoms with van der Waals surface area (Å²) in [6.45, 7) is 3.37. The summed E-state index contributed by atoms with van der Waals surface area (Å²) in [5, 5.41) is 3.76. The third-order valence-electron chi connectivity index (χ3n) is 2.84. The van der Waals surface area contributed by atoms with Gasteiger partial charge in [0.25, 0.3) is 10.9 Å². The topological polar surface area (TPSA) is 73.8 Å². The summed E-state index contributed by atoms with van der Waals surface area (Å²) in [5.41, 5.74) is 0.566. The maximum absolute atomic E-state index is 11.5. The molecule has 0 saturated carbocycles. The van der Waals surface area contributed by atoms with Gasteiger partial charge in [0, 0.05) is 13.1 Å². The van der Waals surface area contributed by atoms with Crippen LogP contribution in [0.4, 0.5) is 11.4 Å². The first kappa shape index (κ1) is 15.0. The van der Waals surface area contributed by atoms with Gasteiger partial charge in [0.1, 0.15) is 0 Å². The standard InChI is InChI=1S/C12H22N4O2/c1-15(2)7-5-13-9-10(12(18)11(9)17)14-6-8-16(3)4/h13-14H,5-8H2,1-4H3/p+2. The van der Waals surface area contributed by atoms with E-state index >= 15 is 0 Å². The Bertz CT molecular complexity index is 405. The van der Waals surface area contributed by atoms with Gasteiger partial charge in [-0.3, -0.25) is 9.59 Å². The summed E-state index contributed by atoms with van der Waals surface area (Å²) in [7, 11) is 7.94. The Labute approximate surface area is 107 Å². The molecule has 6 nitrogen and oxygen atoms in total. The summed E-state index contributed by atoms with van der Waals surface area (Å²) in [4.78, 5) is 27.0. The second-order valence-electron chi connectivity index (χ2n) is 5.08. The predicted octanol–water partition coefficient (Wildman–Crippen LogP) is -3.20. The molecule has 0 radical (unpaired) electrons. The van der Waals surface area contributed by atoms with E-state index in [2.05, 4.69) is 9.80 Å². The molecule has 0 aliphatic rings. The van der Waals surface area contributed by atoms with Gasteiger partial charge in [0.05, 0.1) is 13.1 Å². The van der Waals surface area contributed by atoms with E-state index in [0.29, 0.717) is 11.4 Å². The highest BCUT2D eigenvalue weighted by atomic mass is 16.2. The first-order valence-corrected chi connectivity index (χ1v) is 6.22. The van der Waals surface area contributed by atoms with Crippen LogP contribution < -0.4 is 21.5 Å². The van der Waals surface area contributed by atoms with Crippen molar-refractivity contribution in [1.29, 1.82) is 0 Å². The van der Waals surface area contributed by atoms with E-state index in [0.717, 1.165) is 26.2 Å². The molecule has 0 fully saturated rings. The number of quaternary nitrogens is 2. The van der Waals surface area contributed by atoms with Gasteiger partial charge in [-0.1, -0.05) is 0 Å². The fraction of sp³-hybridized carbons (Fsp3) is 0.667.